The van der Waals surface area contributed by atoms with E-state index in [9.17, 15) is 4.79 Å². The molecule has 0 unspecified atom stereocenters. The van der Waals surface area contributed by atoms with E-state index < -0.39 is 0 Å². The van der Waals surface area contributed by atoms with E-state index in [1.54, 1.807) is 13.1 Å². The topological polar surface area (TPSA) is 71.3 Å². The number of nitrogens with zero attached hydrogens (tertiary/aromatic N) is 3. The van der Waals surface area contributed by atoms with Crippen LogP contribution in [-0.4, -0.2) is 27.3 Å². The van der Waals surface area contributed by atoms with Gasteiger partial charge in [-0.3, -0.25) is 9.20 Å². The minimum absolute atomic E-state index is 0.0836. The van der Waals surface area contributed by atoms with Gasteiger partial charge in [-0.15, -0.1) is 22.7 Å². The monoisotopic (exact) mass is 383 g/mol. The molecule has 0 spiro atoms. The van der Waals surface area contributed by atoms with Crippen molar-refractivity contribution in [1.29, 1.82) is 0 Å². The quantitative estimate of drug-likeness (QED) is 0.553. The van der Waals surface area contributed by atoms with E-state index in [0.717, 1.165) is 38.6 Å². The average Bonchev–Trinajstić information content (AvgIpc) is 3.33. The molecule has 4 rings (SSSR count). The first-order chi connectivity index (χ1) is 12.6. The molecule has 0 saturated carbocycles. The number of anilines is 2. The van der Waals surface area contributed by atoms with Crippen molar-refractivity contribution in [1.82, 2.24) is 19.7 Å². The van der Waals surface area contributed by atoms with E-state index in [1.165, 1.54) is 22.7 Å². The van der Waals surface area contributed by atoms with Crippen LogP contribution in [0.1, 0.15) is 21.1 Å². The number of thiazole rings is 1. The Hall–Kier alpha value is -2.71. The summed E-state index contributed by atoms with van der Waals surface area (Å²) in [6.07, 6.45) is 0. The summed E-state index contributed by atoms with van der Waals surface area (Å²) in [6, 6.07) is 9.77. The fourth-order valence-electron chi connectivity index (χ4n) is 2.86. The van der Waals surface area contributed by atoms with Gasteiger partial charge in [-0.2, -0.15) is 0 Å². The largest absolute Gasteiger partial charge is 0.354 e. The Morgan fingerprint density at radius 1 is 1.15 bits per heavy atom. The number of imidazole rings is 1. The number of pyridine rings is 1. The zero-order valence-corrected chi connectivity index (χ0v) is 16.2. The predicted octanol–water partition coefficient (Wildman–Crippen LogP) is 4.24. The first kappa shape index (κ1) is 16.7. The third-order valence-corrected chi connectivity index (χ3v) is 5.80. The molecule has 0 saturated heterocycles. The van der Waals surface area contributed by atoms with Crippen molar-refractivity contribution in [3.05, 3.63) is 52.0 Å². The van der Waals surface area contributed by atoms with Crippen LogP contribution in [0.4, 0.5) is 10.1 Å². The number of hydrogen-bond donors (Lipinski definition) is 2. The molecule has 8 heteroatoms. The van der Waals surface area contributed by atoms with Crippen molar-refractivity contribution in [2.45, 2.75) is 13.8 Å². The second-order valence-electron chi connectivity index (χ2n) is 5.81. The van der Waals surface area contributed by atoms with Crippen molar-refractivity contribution < 1.29 is 4.79 Å². The highest BCUT2D eigenvalue weighted by Gasteiger charge is 2.16. The lowest BCUT2D eigenvalue weighted by Crippen LogP contribution is -2.15. The van der Waals surface area contributed by atoms with Gasteiger partial charge in [-0.25, -0.2) is 9.97 Å². The van der Waals surface area contributed by atoms with Crippen molar-refractivity contribution >= 4 is 44.4 Å². The van der Waals surface area contributed by atoms with Crippen LogP contribution < -0.4 is 10.6 Å². The Morgan fingerprint density at radius 3 is 2.81 bits per heavy atom. The van der Waals surface area contributed by atoms with E-state index in [4.69, 9.17) is 4.98 Å². The lowest BCUT2D eigenvalue weighted by molar-refractivity contribution is 0.0967. The summed E-state index contributed by atoms with van der Waals surface area (Å²) in [4.78, 5) is 21.7. The highest BCUT2D eigenvalue weighted by molar-refractivity contribution is 7.18. The number of carbonyl (C=O) groups is 1. The van der Waals surface area contributed by atoms with Crippen molar-refractivity contribution in [2.75, 3.05) is 12.4 Å². The van der Waals surface area contributed by atoms with Crippen LogP contribution in [0.5, 0.6) is 0 Å². The molecule has 0 aromatic carbocycles. The summed E-state index contributed by atoms with van der Waals surface area (Å²) in [5.74, 6) is -0.0836. The van der Waals surface area contributed by atoms with Crippen LogP contribution in [0.3, 0.4) is 0 Å². The SMILES string of the molecule is CNC(=O)c1ccc(Nc2nc(-c3c(C)nc4cccc(C)n34)cs2)s1. The summed E-state index contributed by atoms with van der Waals surface area (Å²) in [5.41, 5.74) is 4.90. The maximum atomic E-state index is 11.7. The van der Waals surface area contributed by atoms with Gasteiger partial charge in [0, 0.05) is 18.1 Å². The second kappa shape index (κ2) is 6.54. The van der Waals surface area contributed by atoms with E-state index >= 15 is 0 Å². The maximum Gasteiger partial charge on any atom is 0.261 e. The molecule has 6 nitrogen and oxygen atoms in total. The zero-order chi connectivity index (χ0) is 18.3. The summed E-state index contributed by atoms with van der Waals surface area (Å²) in [5, 5.41) is 9.61. The Morgan fingerprint density at radius 2 is 2.00 bits per heavy atom. The standard InChI is InChI=1S/C18H17N5OS2/c1-10-5-4-6-14-20-11(2)16(23(10)14)12-9-25-18(21-12)22-15-8-7-13(26-15)17(24)19-3/h4-9H,1-3H3,(H,19,24)(H,21,22). The molecule has 4 aromatic rings. The molecule has 0 radical (unpaired) electrons. The number of hydrogen-bond acceptors (Lipinski definition) is 6. The van der Waals surface area contributed by atoms with Gasteiger partial charge in [0.1, 0.15) is 11.3 Å². The minimum Gasteiger partial charge on any atom is -0.354 e. The lowest BCUT2D eigenvalue weighted by Gasteiger charge is -2.03. The fourth-order valence-corrected chi connectivity index (χ4v) is 4.49. The number of carbonyl (C=O) groups excluding carboxylic acids is 1. The lowest BCUT2D eigenvalue weighted by atomic mass is 10.2. The third kappa shape index (κ3) is 2.87. The van der Waals surface area contributed by atoms with E-state index in [0.29, 0.717) is 4.88 Å². The van der Waals surface area contributed by atoms with Gasteiger partial charge in [-0.1, -0.05) is 6.07 Å². The molecule has 0 atom stereocenters. The van der Waals surface area contributed by atoms with Crippen molar-refractivity contribution in [3.63, 3.8) is 0 Å². The Kier molecular flexibility index (Phi) is 4.21. The first-order valence-corrected chi connectivity index (χ1v) is 9.76. The van der Waals surface area contributed by atoms with Gasteiger partial charge in [0.2, 0.25) is 0 Å². The summed E-state index contributed by atoms with van der Waals surface area (Å²) < 4.78 is 2.13. The van der Waals surface area contributed by atoms with Gasteiger partial charge in [0.15, 0.2) is 5.13 Å². The Bertz CT molecular complexity index is 1110. The highest BCUT2D eigenvalue weighted by atomic mass is 32.1. The number of aromatic nitrogens is 3. The summed E-state index contributed by atoms with van der Waals surface area (Å²) in [7, 11) is 1.63. The predicted molar refractivity (Wildman–Crippen MR) is 107 cm³/mol. The molecule has 2 N–H and O–H groups in total. The molecule has 4 aromatic heterocycles. The van der Waals surface area contributed by atoms with Crippen LogP contribution >= 0.6 is 22.7 Å². The first-order valence-electron chi connectivity index (χ1n) is 8.06. The van der Waals surface area contributed by atoms with Gasteiger partial charge in [0.25, 0.3) is 5.91 Å². The van der Waals surface area contributed by atoms with E-state index in [1.807, 2.05) is 30.5 Å². The Balaban J connectivity index is 1.66. The maximum absolute atomic E-state index is 11.7. The number of amides is 1. The van der Waals surface area contributed by atoms with Crippen LogP contribution in [0.2, 0.25) is 0 Å². The molecule has 4 heterocycles. The van der Waals surface area contributed by atoms with Crippen LogP contribution in [-0.2, 0) is 0 Å². The molecular formula is C18H17N5OS2. The van der Waals surface area contributed by atoms with Gasteiger partial charge in [-0.05, 0) is 38.1 Å². The molecule has 0 bridgehead atoms. The molecule has 0 aliphatic carbocycles. The van der Waals surface area contributed by atoms with Crippen LogP contribution in [0.15, 0.2) is 35.7 Å². The summed E-state index contributed by atoms with van der Waals surface area (Å²) in [6.45, 7) is 4.07. The fraction of sp³-hybridized carbons (Fsp3) is 0.167. The second-order valence-corrected chi connectivity index (χ2v) is 7.75. The van der Waals surface area contributed by atoms with Gasteiger partial charge < -0.3 is 10.6 Å². The number of aryl methyl sites for hydroxylation is 2. The molecule has 1 amide bonds. The zero-order valence-electron chi connectivity index (χ0n) is 14.5. The van der Waals surface area contributed by atoms with Gasteiger partial charge in [0.05, 0.1) is 21.3 Å². The number of nitrogens with one attached hydrogen (secondary N) is 2. The normalized spacial score (nSPS) is 11.0. The minimum atomic E-state index is -0.0836. The van der Waals surface area contributed by atoms with Crippen molar-refractivity contribution in [2.24, 2.45) is 0 Å². The number of rotatable bonds is 4. The van der Waals surface area contributed by atoms with Crippen molar-refractivity contribution in [3.8, 4) is 11.4 Å². The van der Waals surface area contributed by atoms with Crippen LogP contribution in [0.25, 0.3) is 17.0 Å². The van der Waals surface area contributed by atoms with E-state index in [2.05, 4.69) is 33.0 Å². The van der Waals surface area contributed by atoms with Crippen LogP contribution in [0, 0.1) is 13.8 Å². The number of fused-ring (bicyclic) bond motifs is 1. The molecule has 0 aliphatic rings. The molecular weight excluding hydrogens is 366 g/mol. The Labute approximate surface area is 158 Å². The average molecular weight is 384 g/mol. The molecule has 132 valence electrons. The van der Waals surface area contributed by atoms with Gasteiger partial charge >= 0.3 is 0 Å². The molecule has 0 fully saturated rings. The summed E-state index contributed by atoms with van der Waals surface area (Å²) >= 11 is 2.93. The molecule has 26 heavy (non-hydrogen) atoms. The smallest absolute Gasteiger partial charge is 0.261 e. The highest BCUT2D eigenvalue weighted by Crippen LogP contribution is 2.32. The number of thiophene rings is 1. The third-order valence-electron chi connectivity index (χ3n) is 4.05. The molecule has 0 aliphatic heterocycles. The van der Waals surface area contributed by atoms with E-state index in [-0.39, 0.29) is 5.91 Å².